The molecule has 1 aliphatic rings. The van der Waals surface area contributed by atoms with Crippen molar-refractivity contribution in [3.63, 3.8) is 0 Å². The highest BCUT2D eigenvalue weighted by Crippen LogP contribution is 2.22. The molecule has 1 fully saturated rings. The molecule has 0 unspecified atom stereocenters. The quantitative estimate of drug-likeness (QED) is 0.598. The van der Waals surface area contributed by atoms with Crippen LogP contribution in [0.15, 0.2) is 4.99 Å². The molecule has 0 heterocycles. The van der Waals surface area contributed by atoms with Crippen LogP contribution in [0, 0.1) is 5.92 Å². The first kappa shape index (κ1) is 11.2. The Morgan fingerprint density at radius 1 is 1.50 bits per heavy atom. The van der Waals surface area contributed by atoms with Gasteiger partial charge in [-0.3, -0.25) is 0 Å². The molecule has 0 N–H and O–H groups in total. The highest BCUT2D eigenvalue weighted by Gasteiger charge is 2.20. The standard InChI is InChI=1S/C11H19NO2/c1-8-5-6-9(7-8)12-10(13)14-11(2,3)4/h8H,5-7H2,1-4H3/t8-/m1/s1. The lowest BCUT2D eigenvalue weighted by molar-refractivity contribution is 0.0604. The zero-order valence-electron chi connectivity index (χ0n) is 9.46. The second-order valence-electron chi connectivity index (χ2n) is 5.01. The first-order valence-corrected chi connectivity index (χ1v) is 5.16. The van der Waals surface area contributed by atoms with E-state index in [-0.39, 0.29) is 0 Å². The van der Waals surface area contributed by atoms with E-state index < -0.39 is 11.7 Å². The number of carbonyl (C=O) groups is 1. The minimum atomic E-state index is -0.443. The summed E-state index contributed by atoms with van der Waals surface area (Å²) in [5.74, 6) is 0.663. The fourth-order valence-corrected chi connectivity index (χ4v) is 1.53. The van der Waals surface area contributed by atoms with E-state index in [1.54, 1.807) is 0 Å². The van der Waals surface area contributed by atoms with Gasteiger partial charge >= 0.3 is 6.09 Å². The largest absolute Gasteiger partial charge is 0.442 e. The molecule has 1 atom stereocenters. The lowest BCUT2D eigenvalue weighted by Gasteiger charge is -2.17. The predicted molar refractivity (Wildman–Crippen MR) is 56.7 cm³/mol. The zero-order valence-corrected chi connectivity index (χ0v) is 9.46. The molecule has 1 rings (SSSR count). The van der Waals surface area contributed by atoms with Gasteiger partial charge in [-0.1, -0.05) is 6.92 Å². The van der Waals surface area contributed by atoms with Crippen LogP contribution in [0.4, 0.5) is 4.79 Å². The molecule has 3 heteroatoms. The predicted octanol–water partition coefficient (Wildman–Crippen LogP) is 3.18. The second kappa shape index (κ2) is 4.11. The molecule has 1 aliphatic carbocycles. The van der Waals surface area contributed by atoms with E-state index in [0.717, 1.165) is 25.0 Å². The van der Waals surface area contributed by atoms with Crippen LogP contribution in [0.5, 0.6) is 0 Å². The van der Waals surface area contributed by atoms with Gasteiger partial charge in [0.25, 0.3) is 0 Å². The summed E-state index contributed by atoms with van der Waals surface area (Å²) in [6.07, 6.45) is 2.59. The van der Waals surface area contributed by atoms with Crippen molar-refractivity contribution >= 4 is 11.8 Å². The molecule has 0 aromatic carbocycles. The maximum absolute atomic E-state index is 11.3. The Labute approximate surface area is 85.6 Å². The fraction of sp³-hybridized carbons (Fsp3) is 0.818. The molecule has 0 spiro atoms. The normalized spacial score (nSPS) is 25.4. The monoisotopic (exact) mass is 197 g/mol. The van der Waals surface area contributed by atoms with E-state index in [1.807, 2.05) is 20.8 Å². The molecule has 0 saturated heterocycles. The number of hydrogen-bond acceptors (Lipinski definition) is 2. The Kier molecular flexibility index (Phi) is 3.29. The Morgan fingerprint density at radius 2 is 2.14 bits per heavy atom. The van der Waals surface area contributed by atoms with Crippen LogP contribution >= 0.6 is 0 Å². The summed E-state index contributed by atoms with van der Waals surface area (Å²) in [7, 11) is 0. The summed E-state index contributed by atoms with van der Waals surface area (Å²) < 4.78 is 5.11. The third-order valence-corrected chi connectivity index (χ3v) is 2.15. The Bertz CT molecular complexity index is 251. The van der Waals surface area contributed by atoms with Crippen molar-refractivity contribution in [2.75, 3.05) is 0 Å². The molecule has 80 valence electrons. The molecule has 1 saturated carbocycles. The number of ether oxygens (including phenoxy) is 1. The smallest absolute Gasteiger partial charge is 0.434 e. The van der Waals surface area contributed by atoms with Crippen LogP contribution < -0.4 is 0 Å². The lowest BCUT2D eigenvalue weighted by Crippen LogP contribution is -2.22. The molecule has 0 radical (unpaired) electrons. The van der Waals surface area contributed by atoms with Gasteiger partial charge < -0.3 is 4.74 Å². The second-order valence-corrected chi connectivity index (χ2v) is 5.01. The summed E-state index contributed by atoms with van der Waals surface area (Å²) in [6.45, 7) is 7.73. The van der Waals surface area contributed by atoms with Gasteiger partial charge in [0, 0.05) is 5.71 Å². The van der Waals surface area contributed by atoms with E-state index in [1.165, 1.54) is 0 Å². The zero-order chi connectivity index (χ0) is 10.8. The molecular weight excluding hydrogens is 178 g/mol. The highest BCUT2D eigenvalue weighted by atomic mass is 16.6. The van der Waals surface area contributed by atoms with Crippen molar-refractivity contribution in [3.05, 3.63) is 0 Å². The number of aliphatic imine (C=N–C) groups is 1. The third-order valence-electron chi connectivity index (χ3n) is 2.15. The van der Waals surface area contributed by atoms with Crippen molar-refractivity contribution in [1.82, 2.24) is 0 Å². The molecule has 0 aromatic heterocycles. The van der Waals surface area contributed by atoms with Crippen LogP contribution in [-0.4, -0.2) is 17.4 Å². The van der Waals surface area contributed by atoms with E-state index in [0.29, 0.717) is 5.92 Å². The summed E-state index contributed by atoms with van der Waals surface area (Å²) >= 11 is 0. The number of amides is 1. The first-order chi connectivity index (χ1) is 6.37. The molecule has 0 bridgehead atoms. The van der Waals surface area contributed by atoms with Crippen molar-refractivity contribution in [2.24, 2.45) is 10.9 Å². The van der Waals surface area contributed by atoms with Gasteiger partial charge in [0.2, 0.25) is 0 Å². The fourth-order valence-electron chi connectivity index (χ4n) is 1.53. The van der Waals surface area contributed by atoms with Gasteiger partial charge in [-0.05, 0) is 46.0 Å². The first-order valence-electron chi connectivity index (χ1n) is 5.16. The molecule has 0 aliphatic heterocycles. The van der Waals surface area contributed by atoms with Gasteiger partial charge in [0.05, 0.1) is 0 Å². The topological polar surface area (TPSA) is 38.7 Å². The summed E-state index contributed by atoms with van der Waals surface area (Å²) in [6, 6.07) is 0. The molecular formula is C11H19NO2. The lowest BCUT2D eigenvalue weighted by atomic mass is 10.1. The summed E-state index contributed by atoms with van der Waals surface area (Å²) in [5, 5.41) is 0. The molecule has 0 aromatic rings. The maximum Gasteiger partial charge on any atom is 0.434 e. The van der Waals surface area contributed by atoms with E-state index in [2.05, 4.69) is 11.9 Å². The highest BCUT2D eigenvalue weighted by molar-refractivity contribution is 5.94. The van der Waals surface area contributed by atoms with Crippen molar-refractivity contribution in [1.29, 1.82) is 0 Å². The third kappa shape index (κ3) is 3.90. The molecule has 1 amide bonds. The van der Waals surface area contributed by atoms with Crippen molar-refractivity contribution < 1.29 is 9.53 Å². The minimum absolute atomic E-state index is 0.439. The van der Waals surface area contributed by atoms with Crippen LogP contribution in [0.1, 0.15) is 47.0 Å². The van der Waals surface area contributed by atoms with E-state index in [4.69, 9.17) is 4.74 Å². The number of rotatable bonds is 0. The molecule has 3 nitrogen and oxygen atoms in total. The Balaban J connectivity index is 2.48. The van der Waals surface area contributed by atoms with Crippen LogP contribution in [0.3, 0.4) is 0 Å². The van der Waals surface area contributed by atoms with E-state index in [9.17, 15) is 4.79 Å². The van der Waals surface area contributed by atoms with Crippen molar-refractivity contribution in [3.8, 4) is 0 Å². The van der Waals surface area contributed by atoms with Gasteiger partial charge in [0.15, 0.2) is 0 Å². The van der Waals surface area contributed by atoms with Gasteiger partial charge in [-0.15, -0.1) is 0 Å². The van der Waals surface area contributed by atoms with Gasteiger partial charge in [-0.2, -0.15) is 4.99 Å². The maximum atomic E-state index is 11.3. The van der Waals surface area contributed by atoms with Crippen LogP contribution in [-0.2, 0) is 4.74 Å². The SMILES string of the molecule is C[C@@H]1CCC(=NC(=O)OC(C)(C)C)C1. The number of hydrogen-bond donors (Lipinski definition) is 0. The summed E-state index contributed by atoms with van der Waals surface area (Å²) in [5.41, 5.74) is 0.553. The molecule has 14 heavy (non-hydrogen) atoms. The number of carbonyl (C=O) groups excluding carboxylic acids is 1. The minimum Gasteiger partial charge on any atom is -0.442 e. The van der Waals surface area contributed by atoms with Crippen LogP contribution in [0.25, 0.3) is 0 Å². The summed E-state index contributed by atoms with van der Waals surface area (Å²) in [4.78, 5) is 15.3. The number of nitrogens with zero attached hydrogens (tertiary/aromatic N) is 1. The van der Waals surface area contributed by atoms with Crippen molar-refractivity contribution in [2.45, 2.75) is 52.6 Å². The van der Waals surface area contributed by atoms with Gasteiger partial charge in [-0.25, -0.2) is 4.79 Å². The van der Waals surface area contributed by atoms with Gasteiger partial charge in [0.1, 0.15) is 5.60 Å². The average molecular weight is 197 g/mol. The van der Waals surface area contributed by atoms with E-state index >= 15 is 0 Å². The average Bonchev–Trinajstić information content (AvgIpc) is 2.30. The Morgan fingerprint density at radius 3 is 2.57 bits per heavy atom. The van der Waals surface area contributed by atoms with Crippen LogP contribution in [0.2, 0.25) is 0 Å². The Hall–Kier alpha value is -0.860.